The zero-order valence-electron chi connectivity index (χ0n) is 9.60. The standard InChI is InChI=1S/C14H15NO2/c16-14(17)10-5-6-12-9-11-3-1-2-4-13(11)15(12)8-7-10/h1-4,9-10H,5-8H2,(H,16,17). The summed E-state index contributed by atoms with van der Waals surface area (Å²) in [6.07, 6.45) is 2.36. The fourth-order valence-corrected chi connectivity index (χ4v) is 2.74. The molecular weight excluding hydrogens is 214 g/mol. The molecule has 1 aromatic carbocycles. The van der Waals surface area contributed by atoms with E-state index in [1.54, 1.807) is 0 Å². The van der Waals surface area contributed by atoms with Gasteiger partial charge in [0, 0.05) is 17.8 Å². The largest absolute Gasteiger partial charge is 0.481 e. The van der Waals surface area contributed by atoms with Gasteiger partial charge in [-0.1, -0.05) is 18.2 Å². The second-order valence-corrected chi connectivity index (χ2v) is 4.71. The molecule has 3 nitrogen and oxygen atoms in total. The van der Waals surface area contributed by atoms with E-state index in [1.807, 2.05) is 12.1 Å². The van der Waals surface area contributed by atoms with Crippen molar-refractivity contribution in [2.75, 3.05) is 0 Å². The first-order valence-corrected chi connectivity index (χ1v) is 6.05. The Morgan fingerprint density at radius 1 is 1.29 bits per heavy atom. The van der Waals surface area contributed by atoms with Crippen LogP contribution < -0.4 is 0 Å². The number of carbonyl (C=O) groups is 1. The molecule has 0 spiro atoms. The predicted octanol–water partition coefficient (Wildman–Crippen LogP) is 2.68. The lowest BCUT2D eigenvalue weighted by Gasteiger charge is -2.08. The maximum absolute atomic E-state index is 11.0. The maximum Gasteiger partial charge on any atom is 0.306 e. The Balaban J connectivity index is 2.01. The smallest absolute Gasteiger partial charge is 0.306 e. The van der Waals surface area contributed by atoms with Gasteiger partial charge in [0.2, 0.25) is 0 Å². The lowest BCUT2D eigenvalue weighted by Crippen LogP contribution is -2.14. The number of hydrogen-bond donors (Lipinski definition) is 1. The van der Waals surface area contributed by atoms with Crippen LogP contribution in [0, 0.1) is 5.92 Å². The fourth-order valence-electron chi connectivity index (χ4n) is 2.74. The molecule has 0 fully saturated rings. The van der Waals surface area contributed by atoms with Crippen molar-refractivity contribution in [1.29, 1.82) is 0 Å². The van der Waals surface area contributed by atoms with Gasteiger partial charge in [0.25, 0.3) is 0 Å². The van der Waals surface area contributed by atoms with E-state index in [9.17, 15) is 4.79 Å². The summed E-state index contributed by atoms with van der Waals surface area (Å²) in [7, 11) is 0. The van der Waals surface area contributed by atoms with E-state index < -0.39 is 5.97 Å². The van der Waals surface area contributed by atoms with E-state index in [2.05, 4.69) is 22.8 Å². The number of fused-ring (bicyclic) bond motifs is 3. The highest BCUT2D eigenvalue weighted by Gasteiger charge is 2.22. The zero-order chi connectivity index (χ0) is 11.8. The van der Waals surface area contributed by atoms with Gasteiger partial charge in [-0.15, -0.1) is 0 Å². The van der Waals surface area contributed by atoms with Crippen molar-refractivity contribution in [3.05, 3.63) is 36.0 Å². The third-order valence-corrected chi connectivity index (χ3v) is 3.70. The van der Waals surface area contributed by atoms with Gasteiger partial charge in [-0.2, -0.15) is 0 Å². The highest BCUT2D eigenvalue weighted by atomic mass is 16.4. The van der Waals surface area contributed by atoms with Gasteiger partial charge in [-0.05, 0) is 36.8 Å². The predicted molar refractivity (Wildman–Crippen MR) is 66.0 cm³/mol. The van der Waals surface area contributed by atoms with Crippen LogP contribution in [-0.2, 0) is 17.8 Å². The molecule has 0 amide bonds. The first-order valence-electron chi connectivity index (χ1n) is 6.05. The van der Waals surface area contributed by atoms with Gasteiger partial charge < -0.3 is 9.67 Å². The topological polar surface area (TPSA) is 42.2 Å². The van der Waals surface area contributed by atoms with E-state index >= 15 is 0 Å². The second kappa shape index (κ2) is 3.91. The van der Waals surface area contributed by atoms with Crippen LogP contribution in [0.4, 0.5) is 0 Å². The molecule has 0 saturated heterocycles. The number of para-hydroxylation sites is 1. The van der Waals surface area contributed by atoms with Crippen molar-refractivity contribution in [3.63, 3.8) is 0 Å². The Kier molecular flexibility index (Phi) is 2.39. The Hall–Kier alpha value is -1.77. The van der Waals surface area contributed by atoms with Crippen LogP contribution in [0.5, 0.6) is 0 Å². The molecule has 0 aliphatic carbocycles. The molecule has 1 aliphatic rings. The maximum atomic E-state index is 11.0. The highest BCUT2D eigenvalue weighted by molar-refractivity contribution is 5.81. The molecule has 1 N–H and O–H groups in total. The van der Waals surface area contributed by atoms with Gasteiger partial charge in [0.05, 0.1) is 5.92 Å². The van der Waals surface area contributed by atoms with Crippen LogP contribution in [-0.4, -0.2) is 15.6 Å². The lowest BCUT2D eigenvalue weighted by molar-refractivity contribution is -0.142. The van der Waals surface area contributed by atoms with E-state index in [0.29, 0.717) is 0 Å². The Bertz CT molecular complexity index is 571. The summed E-state index contributed by atoms with van der Waals surface area (Å²) < 4.78 is 2.28. The van der Waals surface area contributed by atoms with Crippen LogP contribution >= 0.6 is 0 Å². The molecule has 0 radical (unpaired) electrons. The van der Waals surface area contributed by atoms with E-state index in [1.165, 1.54) is 16.6 Å². The molecule has 2 heterocycles. The normalized spacial score (nSPS) is 19.9. The van der Waals surface area contributed by atoms with Crippen molar-refractivity contribution >= 4 is 16.9 Å². The van der Waals surface area contributed by atoms with Crippen LogP contribution in [0.15, 0.2) is 30.3 Å². The van der Waals surface area contributed by atoms with Gasteiger partial charge in [0.15, 0.2) is 0 Å². The SMILES string of the molecule is O=C(O)C1CCc2cc3ccccc3n2CC1. The van der Waals surface area contributed by atoms with E-state index in [0.717, 1.165) is 25.8 Å². The number of carboxylic acid groups (broad SMARTS) is 1. The molecule has 17 heavy (non-hydrogen) atoms. The molecule has 1 aliphatic heterocycles. The Morgan fingerprint density at radius 2 is 2.12 bits per heavy atom. The van der Waals surface area contributed by atoms with E-state index in [-0.39, 0.29) is 5.92 Å². The number of aliphatic carboxylic acids is 1. The molecular formula is C14H15NO2. The highest BCUT2D eigenvalue weighted by Crippen LogP contribution is 2.27. The third-order valence-electron chi connectivity index (χ3n) is 3.70. The molecule has 2 aromatic rings. The number of nitrogens with zero attached hydrogens (tertiary/aromatic N) is 1. The van der Waals surface area contributed by atoms with Crippen molar-refractivity contribution < 1.29 is 9.90 Å². The molecule has 3 heteroatoms. The number of hydrogen-bond acceptors (Lipinski definition) is 1. The summed E-state index contributed by atoms with van der Waals surface area (Å²) in [5.41, 5.74) is 2.50. The molecule has 0 bridgehead atoms. The first kappa shape index (κ1) is 10.4. The molecule has 1 unspecified atom stereocenters. The quantitative estimate of drug-likeness (QED) is 0.816. The van der Waals surface area contributed by atoms with Crippen LogP contribution in [0.3, 0.4) is 0 Å². The summed E-state index contributed by atoms with van der Waals surface area (Å²) in [6.45, 7) is 0.819. The summed E-state index contributed by atoms with van der Waals surface area (Å²) in [5, 5.41) is 10.3. The van der Waals surface area contributed by atoms with Gasteiger partial charge in [-0.3, -0.25) is 4.79 Å². The molecule has 3 rings (SSSR count). The molecule has 0 saturated carbocycles. The number of aryl methyl sites for hydroxylation is 2. The van der Waals surface area contributed by atoms with Gasteiger partial charge in [0.1, 0.15) is 0 Å². The average molecular weight is 229 g/mol. The summed E-state index contributed by atoms with van der Waals surface area (Å²) in [4.78, 5) is 11.0. The molecule has 88 valence electrons. The molecule has 1 aromatic heterocycles. The van der Waals surface area contributed by atoms with Crippen LogP contribution in [0.2, 0.25) is 0 Å². The third kappa shape index (κ3) is 1.71. The number of rotatable bonds is 1. The summed E-state index contributed by atoms with van der Waals surface area (Å²) >= 11 is 0. The second-order valence-electron chi connectivity index (χ2n) is 4.71. The van der Waals surface area contributed by atoms with Crippen molar-refractivity contribution in [2.45, 2.75) is 25.8 Å². The van der Waals surface area contributed by atoms with Crippen molar-refractivity contribution in [2.24, 2.45) is 5.92 Å². The zero-order valence-corrected chi connectivity index (χ0v) is 9.60. The van der Waals surface area contributed by atoms with Crippen LogP contribution in [0.25, 0.3) is 10.9 Å². The number of carboxylic acids is 1. The number of benzene rings is 1. The first-order chi connectivity index (χ1) is 8.25. The van der Waals surface area contributed by atoms with Crippen LogP contribution in [0.1, 0.15) is 18.5 Å². The summed E-state index contributed by atoms with van der Waals surface area (Å²) in [6, 6.07) is 10.5. The van der Waals surface area contributed by atoms with Crippen molar-refractivity contribution in [3.8, 4) is 0 Å². The van der Waals surface area contributed by atoms with Gasteiger partial charge in [-0.25, -0.2) is 0 Å². The molecule has 1 atom stereocenters. The summed E-state index contributed by atoms with van der Waals surface area (Å²) in [5.74, 6) is -0.839. The van der Waals surface area contributed by atoms with Crippen molar-refractivity contribution in [1.82, 2.24) is 4.57 Å². The Morgan fingerprint density at radius 3 is 2.94 bits per heavy atom. The average Bonchev–Trinajstić information content (AvgIpc) is 2.53. The van der Waals surface area contributed by atoms with Gasteiger partial charge >= 0.3 is 5.97 Å². The van der Waals surface area contributed by atoms with E-state index in [4.69, 9.17) is 5.11 Å². The minimum Gasteiger partial charge on any atom is -0.481 e. The minimum absolute atomic E-state index is 0.186. The monoisotopic (exact) mass is 229 g/mol. The minimum atomic E-state index is -0.653. The fraction of sp³-hybridized carbons (Fsp3) is 0.357. The lowest BCUT2D eigenvalue weighted by atomic mass is 10.00. The number of aromatic nitrogens is 1. The Labute approximate surface area is 99.7 Å².